The van der Waals surface area contributed by atoms with Crippen LogP contribution in [0.3, 0.4) is 0 Å². The van der Waals surface area contributed by atoms with Crippen molar-refractivity contribution < 1.29 is 34.4 Å². The van der Waals surface area contributed by atoms with Crippen molar-refractivity contribution in [2.45, 2.75) is 51.4 Å². The van der Waals surface area contributed by atoms with E-state index in [0.29, 0.717) is 0 Å². The molecule has 1 aliphatic rings. The second-order valence-electron chi connectivity index (χ2n) is 7.62. The van der Waals surface area contributed by atoms with Crippen LogP contribution in [0.25, 0.3) is 0 Å². The third-order valence-corrected chi connectivity index (χ3v) is 4.76. The molecule has 2 rings (SSSR count). The molecule has 0 aromatic carbocycles. The maximum Gasteiger partial charge on any atom is 0.351 e. The molecule has 11 nitrogen and oxygen atoms in total. The van der Waals surface area contributed by atoms with Gasteiger partial charge in [0, 0.05) is 11.6 Å². The quantitative estimate of drug-likeness (QED) is 0.245. The van der Waals surface area contributed by atoms with Gasteiger partial charge in [0.2, 0.25) is 0 Å². The van der Waals surface area contributed by atoms with Crippen LogP contribution in [-0.4, -0.2) is 65.2 Å². The van der Waals surface area contributed by atoms with Gasteiger partial charge in [-0.3, -0.25) is 9.13 Å². The summed E-state index contributed by atoms with van der Waals surface area (Å²) in [5.41, 5.74) is 4.67. The molecule has 0 saturated carbocycles. The summed E-state index contributed by atoms with van der Waals surface area (Å²) in [6, 6.07) is 0. The van der Waals surface area contributed by atoms with Gasteiger partial charge in [-0.1, -0.05) is 11.8 Å². The molecule has 1 fully saturated rings. The van der Waals surface area contributed by atoms with E-state index in [2.05, 4.69) is 16.8 Å². The minimum absolute atomic E-state index is 0.121. The first-order chi connectivity index (χ1) is 12.7. The number of aliphatic hydroxyl groups is 3. The van der Waals surface area contributed by atoms with Crippen LogP contribution in [-0.2, 0) is 9.30 Å². The van der Waals surface area contributed by atoms with Crippen LogP contribution in [0.1, 0.15) is 32.6 Å². The second kappa shape index (κ2) is 7.93. The number of hydrogen-bond donors (Lipinski definition) is 6. The van der Waals surface area contributed by atoms with Gasteiger partial charge in [-0.05, 0) is 20.8 Å². The van der Waals surface area contributed by atoms with Crippen molar-refractivity contribution in [1.29, 1.82) is 0 Å². The standard InChI is InChI=1S/C16H24N3O8P/c1-16(2,3)5-4-8-6-19(15(23)18-13(8)17)14-11(22)10(21)12(27-14)9(20)7-28(24,25)26/h6,9-12,14,20-22H,7H2,1-3H3,(H2,17,18,23)(H2,24,25,26)/t9-,10+,11-,12-,14-/m1/s1. The summed E-state index contributed by atoms with van der Waals surface area (Å²) in [7, 11) is -4.60. The number of aliphatic hydroxyl groups excluding tert-OH is 3. The van der Waals surface area contributed by atoms with E-state index in [9.17, 15) is 24.7 Å². The summed E-state index contributed by atoms with van der Waals surface area (Å²) in [5, 5.41) is 30.3. The Bertz CT molecular complexity index is 894. The largest absolute Gasteiger partial charge is 0.390 e. The molecular weight excluding hydrogens is 393 g/mol. The van der Waals surface area contributed by atoms with E-state index in [1.807, 2.05) is 20.8 Å². The fourth-order valence-corrected chi connectivity index (χ4v) is 3.29. The van der Waals surface area contributed by atoms with Crippen LogP contribution in [0.4, 0.5) is 5.82 Å². The minimum Gasteiger partial charge on any atom is -0.390 e. The van der Waals surface area contributed by atoms with Gasteiger partial charge in [0.1, 0.15) is 24.1 Å². The molecular formula is C16H24N3O8P. The molecule has 0 spiro atoms. The Morgan fingerprint density at radius 3 is 2.50 bits per heavy atom. The predicted octanol–water partition coefficient (Wildman–Crippen LogP) is -1.62. The summed E-state index contributed by atoms with van der Waals surface area (Å²) < 4.78 is 17.3. The lowest BCUT2D eigenvalue weighted by Crippen LogP contribution is -2.40. The lowest BCUT2D eigenvalue weighted by atomic mass is 9.97. The highest BCUT2D eigenvalue weighted by atomic mass is 31.2. The number of nitrogens with zero attached hydrogens (tertiary/aromatic N) is 2. The first-order valence-corrected chi connectivity index (χ1v) is 10.2. The Morgan fingerprint density at radius 2 is 1.96 bits per heavy atom. The van der Waals surface area contributed by atoms with Gasteiger partial charge >= 0.3 is 13.3 Å². The molecule has 1 aromatic heterocycles. The highest BCUT2D eigenvalue weighted by Gasteiger charge is 2.48. The van der Waals surface area contributed by atoms with Crippen molar-refractivity contribution in [2.75, 3.05) is 11.9 Å². The maximum atomic E-state index is 12.2. The maximum absolute atomic E-state index is 12.2. The van der Waals surface area contributed by atoms with Gasteiger partial charge in [-0.15, -0.1) is 0 Å². The lowest BCUT2D eigenvalue weighted by Gasteiger charge is -2.21. The lowest BCUT2D eigenvalue weighted by molar-refractivity contribution is -0.0802. The van der Waals surface area contributed by atoms with Crippen LogP contribution in [0.5, 0.6) is 0 Å². The summed E-state index contributed by atoms with van der Waals surface area (Å²) >= 11 is 0. The number of nitrogen functional groups attached to an aromatic ring is 1. The highest BCUT2D eigenvalue weighted by Crippen LogP contribution is 2.39. The average molecular weight is 417 g/mol. The van der Waals surface area contributed by atoms with Crippen molar-refractivity contribution in [1.82, 2.24) is 9.55 Å². The van der Waals surface area contributed by atoms with E-state index in [0.717, 1.165) is 4.57 Å². The monoisotopic (exact) mass is 417 g/mol. The molecule has 0 radical (unpaired) electrons. The second-order valence-corrected chi connectivity index (χ2v) is 9.31. The molecule has 2 heterocycles. The molecule has 0 unspecified atom stereocenters. The third-order valence-electron chi connectivity index (χ3n) is 3.91. The smallest absolute Gasteiger partial charge is 0.351 e. The molecule has 5 atom stereocenters. The number of hydrogen-bond acceptors (Lipinski definition) is 8. The van der Waals surface area contributed by atoms with Gasteiger partial charge in [0.25, 0.3) is 0 Å². The molecule has 28 heavy (non-hydrogen) atoms. The Balaban J connectivity index is 2.38. The molecule has 12 heteroatoms. The Kier molecular flexibility index (Phi) is 6.37. The van der Waals surface area contributed by atoms with E-state index < -0.39 is 50.1 Å². The van der Waals surface area contributed by atoms with Crippen LogP contribution in [0.15, 0.2) is 11.0 Å². The first kappa shape index (κ1) is 22.5. The molecule has 7 N–H and O–H groups in total. The van der Waals surface area contributed by atoms with E-state index in [4.69, 9.17) is 20.3 Å². The Morgan fingerprint density at radius 1 is 1.36 bits per heavy atom. The van der Waals surface area contributed by atoms with Crippen molar-refractivity contribution in [2.24, 2.45) is 5.41 Å². The molecule has 156 valence electrons. The van der Waals surface area contributed by atoms with Gasteiger partial charge in [-0.2, -0.15) is 4.98 Å². The van der Waals surface area contributed by atoms with E-state index in [1.54, 1.807) is 0 Å². The summed E-state index contributed by atoms with van der Waals surface area (Å²) in [6.45, 7) is 5.60. The zero-order valence-electron chi connectivity index (χ0n) is 15.6. The molecule has 1 aliphatic heterocycles. The highest BCUT2D eigenvalue weighted by molar-refractivity contribution is 7.51. The topological polar surface area (TPSA) is 188 Å². The Hall–Kier alpha value is -1.77. The van der Waals surface area contributed by atoms with E-state index >= 15 is 0 Å². The fraction of sp³-hybridized carbons (Fsp3) is 0.625. The first-order valence-electron chi connectivity index (χ1n) is 8.36. The summed E-state index contributed by atoms with van der Waals surface area (Å²) in [6.07, 6.45) is -7.88. The third kappa shape index (κ3) is 5.40. The van der Waals surface area contributed by atoms with E-state index in [1.165, 1.54) is 6.20 Å². The zero-order valence-corrected chi connectivity index (χ0v) is 16.4. The average Bonchev–Trinajstić information content (AvgIpc) is 2.80. The predicted molar refractivity (Wildman–Crippen MR) is 98.1 cm³/mol. The molecule has 0 amide bonds. The normalized spacial score (nSPS) is 26.6. The number of anilines is 1. The van der Waals surface area contributed by atoms with Crippen molar-refractivity contribution in [3.05, 3.63) is 22.2 Å². The molecule has 0 aliphatic carbocycles. The molecule has 0 bridgehead atoms. The summed E-state index contributed by atoms with van der Waals surface area (Å²) in [5.74, 6) is 5.59. The van der Waals surface area contributed by atoms with Crippen LogP contribution in [0, 0.1) is 17.3 Å². The van der Waals surface area contributed by atoms with Gasteiger partial charge in [0.15, 0.2) is 6.23 Å². The number of aromatic nitrogens is 2. The van der Waals surface area contributed by atoms with Crippen molar-refractivity contribution >= 4 is 13.4 Å². The van der Waals surface area contributed by atoms with Crippen LogP contribution < -0.4 is 11.4 Å². The van der Waals surface area contributed by atoms with Crippen LogP contribution >= 0.6 is 7.60 Å². The van der Waals surface area contributed by atoms with Gasteiger partial charge in [0.05, 0.1) is 17.8 Å². The number of rotatable bonds is 4. The number of ether oxygens (including phenoxy) is 1. The van der Waals surface area contributed by atoms with Gasteiger partial charge < -0.3 is 35.6 Å². The Labute approximate surface area is 161 Å². The summed E-state index contributed by atoms with van der Waals surface area (Å²) in [4.78, 5) is 33.8. The SMILES string of the molecule is CC(C)(C)C#Cc1cn([C@@H]2O[C@H]([C@H](O)CP(=O)(O)O)[C@@H](O)[C@H]2O)c(=O)nc1N. The van der Waals surface area contributed by atoms with Gasteiger partial charge in [-0.25, -0.2) is 4.79 Å². The van der Waals surface area contributed by atoms with Crippen molar-refractivity contribution in [3.63, 3.8) is 0 Å². The zero-order chi connectivity index (χ0) is 21.4. The van der Waals surface area contributed by atoms with Crippen molar-refractivity contribution in [3.8, 4) is 11.8 Å². The fourth-order valence-electron chi connectivity index (χ4n) is 2.60. The molecule has 1 aromatic rings. The minimum atomic E-state index is -4.60. The van der Waals surface area contributed by atoms with E-state index in [-0.39, 0.29) is 16.8 Å². The number of nitrogens with two attached hydrogens (primary N) is 1. The van der Waals surface area contributed by atoms with Crippen LogP contribution in [0.2, 0.25) is 0 Å². The molecule has 1 saturated heterocycles.